The highest BCUT2D eigenvalue weighted by atomic mass is 15.0. The summed E-state index contributed by atoms with van der Waals surface area (Å²) in [6.07, 6.45) is 0.792. The molecule has 1 aliphatic rings. The van der Waals surface area contributed by atoms with E-state index in [0.717, 1.165) is 33.9 Å². The monoisotopic (exact) mass is 814 g/mol. The Morgan fingerprint density at radius 1 is 0.328 bits per heavy atom. The van der Waals surface area contributed by atoms with Crippen LogP contribution < -0.4 is 0 Å². The minimum atomic E-state index is 0.651. The van der Waals surface area contributed by atoms with E-state index in [1.54, 1.807) is 0 Å². The second-order valence-electron chi connectivity index (χ2n) is 16.8. The van der Waals surface area contributed by atoms with Gasteiger partial charge in [0.15, 0.2) is 17.5 Å². The van der Waals surface area contributed by atoms with E-state index >= 15 is 0 Å². The van der Waals surface area contributed by atoms with E-state index < -0.39 is 0 Å². The van der Waals surface area contributed by atoms with Crippen LogP contribution >= 0.6 is 0 Å². The van der Waals surface area contributed by atoms with Crippen molar-refractivity contribution in [2.75, 3.05) is 0 Å². The van der Waals surface area contributed by atoms with E-state index in [2.05, 4.69) is 223 Å². The van der Waals surface area contributed by atoms with Crippen LogP contribution in [0.2, 0.25) is 0 Å². The van der Waals surface area contributed by atoms with Crippen molar-refractivity contribution < 1.29 is 0 Å². The number of rotatable bonds is 6. The minimum Gasteiger partial charge on any atom is -0.309 e. The van der Waals surface area contributed by atoms with Crippen LogP contribution in [0.3, 0.4) is 0 Å². The molecule has 64 heavy (non-hydrogen) atoms. The SMILES string of the molecule is c1ccc(-c2ccc3c(c2)c2cc(-c4ccccc4)ccc2n3-c2cccc3c2Cc2cccc(-c4nc(-c5ccc6ccccc6c5)nc(-c5ccc6ccccc6c5)n4)c2-3)cc1. The van der Waals surface area contributed by atoms with Crippen molar-refractivity contribution in [1.82, 2.24) is 19.5 Å². The molecule has 2 aromatic heterocycles. The molecule has 0 saturated carbocycles. The maximum absolute atomic E-state index is 5.31. The van der Waals surface area contributed by atoms with E-state index in [1.165, 1.54) is 82.8 Å². The molecule has 0 radical (unpaired) electrons. The van der Waals surface area contributed by atoms with Crippen LogP contribution in [0.4, 0.5) is 0 Å². The molecule has 298 valence electrons. The van der Waals surface area contributed by atoms with Crippen LogP contribution in [-0.4, -0.2) is 19.5 Å². The average molecular weight is 815 g/mol. The third-order valence-corrected chi connectivity index (χ3v) is 13.1. The van der Waals surface area contributed by atoms with Gasteiger partial charge in [-0.25, -0.2) is 15.0 Å². The minimum absolute atomic E-state index is 0.651. The van der Waals surface area contributed by atoms with Crippen molar-refractivity contribution in [1.29, 1.82) is 0 Å². The summed E-state index contributed by atoms with van der Waals surface area (Å²) >= 11 is 0. The van der Waals surface area contributed by atoms with Gasteiger partial charge >= 0.3 is 0 Å². The highest BCUT2D eigenvalue weighted by Gasteiger charge is 2.28. The van der Waals surface area contributed by atoms with Gasteiger partial charge in [0.2, 0.25) is 0 Å². The van der Waals surface area contributed by atoms with Gasteiger partial charge in [0.05, 0.1) is 16.7 Å². The molecule has 0 spiro atoms. The summed E-state index contributed by atoms with van der Waals surface area (Å²) < 4.78 is 2.48. The van der Waals surface area contributed by atoms with Gasteiger partial charge in [-0.05, 0) is 109 Å². The first-order valence-corrected chi connectivity index (χ1v) is 21.9. The van der Waals surface area contributed by atoms with E-state index in [1.807, 2.05) is 0 Å². The molecule has 10 aromatic carbocycles. The maximum Gasteiger partial charge on any atom is 0.164 e. The summed E-state index contributed by atoms with van der Waals surface area (Å²) in [4.78, 5) is 15.8. The van der Waals surface area contributed by atoms with Gasteiger partial charge in [0.25, 0.3) is 0 Å². The van der Waals surface area contributed by atoms with Crippen LogP contribution in [0.1, 0.15) is 11.1 Å². The third kappa shape index (κ3) is 5.95. The molecule has 2 heterocycles. The Kier molecular flexibility index (Phi) is 8.25. The highest BCUT2D eigenvalue weighted by molar-refractivity contribution is 6.12. The van der Waals surface area contributed by atoms with E-state index in [-0.39, 0.29) is 0 Å². The van der Waals surface area contributed by atoms with Gasteiger partial charge in [-0.3, -0.25) is 0 Å². The molecule has 0 bridgehead atoms. The molecule has 0 N–H and O–H groups in total. The summed E-state index contributed by atoms with van der Waals surface area (Å²) in [5.74, 6) is 1.96. The fourth-order valence-electron chi connectivity index (χ4n) is 9.96. The molecule has 12 aromatic rings. The van der Waals surface area contributed by atoms with Gasteiger partial charge in [-0.2, -0.15) is 0 Å². The zero-order valence-electron chi connectivity index (χ0n) is 34.8. The molecule has 0 aliphatic heterocycles. The maximum atomic E-state index is 5.31. The number of nitrogens with zero attached hydrogens (tertiary/aromatic N) is 4. The summed E-state index contributed by atoms with van der Waals surface area (Å²) in [6.45, 7) is 0. The van der Waals surface area contributed by atoms with Gasteiger partial charge in [0.1, 0.15) is 0 Å². The Bertz CT molecular complexity index is 3620. The van der Waals surface area contributed by atoms with Crippen LogP contribution in [0, 0.1) is 0 Å². The first kappa shape index (κ1) is 36.2. The van der Waals surface area contributed by atoms with Crippen molar-refractivity contribution >= 4 is 43.4 Å². The van der Waals surface area contributed by atoms with E-state index in [9.17, 15) is 0 Å². The number of fused-ring (bicyclic) bond motifs is 8. The fourth-order valence-corrected chi connectivity index (χ4v) is 9.96. The second kappa shape index (κ2) is 14.6. The largest absolute Gasteiger partial charge is 0.309 e. The smallest absolute Gasteiger partial charge is 0.164 e. The number of hydrogen-bond donors (Lipinski definition) is 0. The Balaban J connectivity index is 1.00. The first-order valence-electron chi connectivity index (χ1n) is 21.9. The van der Waals surface area contributed by atoms with Gasteiger partial charge in [-0.1, -0.05) is 176 Å². The number of benzene rings is 10. The fraction of sp³-hybridized carbons (Fsp3) is 0.0167. The van der Waals surface area contributed by atoms with Crippen LogP contribution in [0.15, 0.2) is 218 Å². The quantitative estimate of drug-likeness (QED) is 0.168. The summed E-state index contributed by atoms with van der Waals surface area (Å²) in [5.41, 5.74) is 16.2. The molecule has 0 fully saturated rings. The van der Waals surface area contributed by atoms with Crippen molar-refractivity contribution in [3.05, 3.63) is 230 Å². The molecular formula is C60H38N4. The predicted octanol–water partition coefficient (Wildman–Crippen LogP) is 15.2. The lowest BCUT2D eigenvalue weighted by molar-refractivity contribution is 1.07. The highest BCUT2D eigenvalue weighted by Crippen LogP contribution is 2.47. The van der Waals surface area contributed by atoms with Gasteiger partial charge in [0, 0.05) is 33.9 Å². The lowest BCUT2D eigenvalue weighted by Gasteiger charge is -2.15. The lowest BCUT2D eigenvalue weighted by atomic mass is 9.98. The molecule has 0 unspecified atom stereocenters. The molecule has 1 aliphatic carbocycles. The van der Waals surface area contributed by atoms with Crippen molar-refractivity contribution in [2.45, 2.75) is 6.42 Å². The van der Waals surface area contributed by atoms with Crippen molar-refractivity contribution in [3.8, 4) is 73.2 Å². The normalized spacial score (nSPS) is 12.0. The Labute approximate surface area is 370 Å². The van der Waals surface area contributed by atoms with Gasteiger partial charge < -0.3 is 4.57 Å². The average Bonchev–Trinajstić information content (AvgIpc) is 3.92. The predicted molar refractivity (Wildman–Crippen MR) is 265 cm³/mol. The van der Waals surface area contributed by atoms with E-state index in [4.69, 9.17) is 15.0 Å². The molecule has 0 atom stereocenters. The Hall–Kier alpha value is -8.47. The second-order valence-corrected chi connectivity index (χ2v) is 16.8. The van der Waals surface area contributed by atoms with Gasteiger partial charge in [-0.15, -0.1) is 0 Å². The van der Waals surface area contributed by atoms with Crippen LogP contribution in [0.25, 0.3) is 117 Å². The standard InChI is InChI=1S/C60H38N4/c1-3-13-38(14-4-1)44-29-31-55-52(35-44)53-36-45(39-15-5-2-6-16-39)30-32-56(53)64(55)54-24-12-22-49-51(54)37-46-21-11-23-50(57(46)49)60-62-58(47-27-25-40-17-7-9-19-42(40)33-47)61-59(63-60)48-28-26-41-18-8-10-20-43(41)34-48/h1-36H,37H2. The van der Waals surface area contributed by atoms with Crippen molar-refractivity contribution in [2.24, 2.45) is 0 Å². The van der Waals surface area contributed by atoms with Crippen molar-refractivity contribution in [3.63, 3.8) is 0 Å². The Morgan fingerprint density at radius 2 is 0.812 bits per heavy atom. The molecule has 0 amide bonds. The molecule has 4 heteroatoms. The third-order valence-electron chi connectivity index (χ3n) is 13.1. The lowest BCUT2D eigenvalue weighted by Crippen LogP contribution is -2.01. The van der Waals surface area contributed by atoms with Crippen LogP contribution in [-0.2, 0) is 6.42 Å². The Morgan fingerprint density at radius 3 is 1.39 bits per heavy atom. The molecular weight excluding hydrogens is 777 g/mol. The number of hydrogen-bond acceptors (Lipinski definition) is 3. The molecule has 13 rings (SSSR count). The summed E-state index contributed by atoms with van der Waals surface area (Å²) in [7, 11) is 0. The van der Waals surface area contributed by atoms with E-state index in [0.29, 0.717) is 17.5 Å². The number of aromatic nitrogens is 4. The zero-order chi connectivity index (χ0) is 42.1. The summed E-state index contributed by atoms with van der Waals surface area (Å²) in [6, 6.07) is 78.4. The molecule has 4 nitrogen and oxygen atoms in total. The topological polar surface area (TPSA) is 43.6 Å². The summed E-state index contributed by atoms with van der Waals surface area (Å²) in [5, 5.41) is 7.12. The first-order chi connectivity index (χ1) is 31.7. The van der Waals surface area contributed by atoms with Crippen LogP contribution in [0.5, 0.6) is 0 Å². The zero-order valence-corrected chi connectivity index (χ0v) is 34.8. The molecule has 0 saturated heterocycles.